The molecule has 86 valence electrons. The molecule has 0 aromatic carbocycles. The summed E-state index contributed by atoms with van der Waals surface area (Å²) in [4.78, 5) is 11.6. The van der Waals surface area contributed by atoms with Gasteiger partial charge >= 0.3 is 5.97 Å². The van der Waals surface area contributed by atoms with Crippen LogP contribution in [0.2, 0.25) is 0 Å². The highest BCUT2D eigenvalue weighted by Gasteiger charge is 2.64. The maximum atomic E-state index is 14.8. The third kappa shape index (κ3) is 1.24. The molecular weight excluding hydrogens is 197 g/mol. The predicted octanol–water partition coefficient (Wildman–Crippen LogP) is 1.28. The Labute approximate surface area is 89.4 Å². The highest BCUT2D eigenvalue weighted by atomic mass is 19.1. The normalized spacial score (nSPS) is 44.9. The second-order valence-electron chi connectivity index (χ2n) is 4.85. The zero-order valence-corrected chi connectivity index (χ0v) is 9.31. The number of carbonyl (C=O) groups excluding carboxylic acids is 1. The molecule has 3 unspecified atom stereocenters. The summed E-state index contributed by atoms with van der Waals surface area (Å²) < 4.78 is 19.4. The molecule has 2 aliphatic rings. The fourth-order valence-corrected chi connectivity index (χ4v) is 3.31. The Morgan fingerprint density at radius 3 is 2.80 bits per heavy atom. The number of alkyl halides is 1. The quantitative estimate of drug-likeness (QED) is 0.670. The summed E-state index contributed by atoms with van der Waals surface area (Å²) in [6, 6.07) is 0. The maximum Gasteiger partial charge on any atom is 0.345 e. The molecule has 2 fully saturated rings. The Morgan fingerprint density at radius 2 is 2.27 bits per heavy atom. The fourth-order valence-electron chi connectivity index (χ4n) is 3.31. The number of esters is 1. The van der Waals surface area contributed by atoms with E-state index in [4.69, 9.17) is 0 Å². The summed E-state index contributed by atoms with van der Waals surface area (Å²) in [6.07, 6.45) is 2.79. The van der Waals surface area contributed by atoms with Crippen molar-refractivity contribution in [3.05, 3.63) is 0 Å². The molecule has 1 heterocycles. The number of halogens is 1. The Morgan fingerprint density at radius 1 is 1.53 bits per heavy atom. The van der Waals surface area contributed by atoms with Crippen LogP contribution < -0.4 is 5.32 Å². The van der Waals surface area contributed by atoms with Gasteiger partial charge in [-0.05, 0) is 18.8 Å². The largest absolute Gasteiger partial charge is 0.467 e. The van der Waals surface area contributed by atoms with E-state index in [-0.39, 0.29) is 12.5 Å². The first-order chi connectivity index (χ1) is 7.07. The molecule has 0 radical (unpaired) electrons. The van der Waals surface area contributed by atoms with Crippen LogP contribution >= 0.6 is 0 Å². The average molecular weight is 215 g/mol. The van der Waals surface area contributed by atoms with E-state index in [9.17, 15) is 9.18 Å². The molecule has 15 heavy (non-hydrogen) atoms. The molecule has 1 saturated heterocycles. The van der Waals surface area contributed by atoms with Gasteiger partial charge in [0.15, 0.2) is 0 Å². The van der Waals surface area contributed by atoms with Gasteiger partial charge in [0, 0.05) is 18.5 Å². The lowest BCUT2D eigenvalue weighted by atomic mass is 9.69. The van der Waals surface area contributed by atoms with Crippen molar-refractivity contribution in [1.82, 2.24) is 5.32 Å². The van der Waals surface area contributed by atoms with Gasteiger partial charge in [-0.15, -0.1) is 0 Å². The van der Waals surface area contributed by atoms with Crippen LogP contribution in [0.4, 0.5) is 4.39 Å². The minimum absolute atomic E-state index is 0.101. The molecule has 0 amide bonds. The van der Waals surface area contributed by atoms with E-state index in [0.717, 1.165) is 19.3 Å². The summed E-state index contributed by atoms with van der Waals surface area (Å²) in [5.74, 6) is -0.460. The number of rotatable bonds is 1. The minimum Gasteiger partial charge on any atom is -0.467 e. The highest BCUT2D eigenvalue weighted by molar-refractivity contribution is 5.81. The lowest BCUT2D eigenvalue weighted by molar-refractivity contribution is -0.163. The molecule has 0 aromatic heterocycles. The van der Waals surface area contributed by atoms with Crippen LogP contribution in [0.25, 0.3) is 0 Å². The van der Waals surface area contributed by atoms with E-state index in [2.05, 4.69) is 10.1 Å². The SMILES string of the molecule is COC(=O)C1(F)CNCC12CCCC2C. The van der Waals surface area contributed by atoms with Crippen LogP contribution in [0.1, 0.15) is 26.2 Å². The average Bonchev–Trinajstić information content (AvgIpc) is 2.75. The van der Waals surface area contributed by atoms with Crippen molar-refractivity contribution >= 4 is 5.97 Å². The van der Waals surface area contributed by atoms with Gasteiger partial charge < -0.3 is 10.1 Å². The summed E-state index contributed by atoms with van der Waals surface area (Å²) in [7, 11) is 1.26. The lowest BCUT2D eigenvalue weighted by Gasteiger charge is -2.37. The second kappa shape index (κ2) is 3.44. The van der Waals surface area contributed by atoms with E-state index in [0.29, 0.717) is 6.54 Å². The van der Waals surface area contributed by atoms with Crippen molar-refractivity contribution in [2.75, 3.05) is 20.2 Å². The van der Waals surface area contributed by atoms with Crippen molar-refractivity contribution in [3.63, 3.8) is 0 Å². The van der Waals surface area contributed by atoms with Crippen LogP contribution in [0, 0.1) is 11.3 Å². The first kappa shape index (κ1) is 10.9. The minimum atomic E-state index is -1.82. The smallest absolute Gasteiger partial charge is 0.345 e. The zero-order chi connectivity index (χ0) is 11.1. The van der Waals surface area contributed by atoms with Gasteiger partial charge in [0.2, 0.25) is 5.67 Å². The van der Waals surface area contributed by atoms with Gasteiger partial charge in [-0.2, -0.15) is 0 Å². The standard InChI is InChI=1S/C11H18FNO2/c1-8-4-3-5-10(8)6-13-7-11(10,12)9(14)15-2/h8,13H,3-7H2,1-2H3. The first-order valence-corrected chi connectivity index (χ1v) is 5.55. The summed E-state index contributed by atoms with van der Waals surface area (Å²) in [6.45, 7) is 2.74. The van der Waals surface area contributed by atoms with Crippen molar-refractivity contribution in [2.45, 2.75) is 31.9 Å². The van der Waals surface area contributed by atoms with Gasteiger partial charge in [0.25, 0.3) is 0 Å². The van der Waals surface area contributed by atoms with E-state index < -0.39 is 17.1 Å². The number of methoxy groups -OCH3 is 1. The van der Waals surface area contributed by atoms with Gasteiger partial charge in [-0.1, -0.05) is 13.3 Å². The summed E-state index contributed by atoms with van der Waals surface area (Å²) in [5.41, 5.74) is -2.35. The van der Waals surface area contributed by atoms with Crippen molar-refractivity contribution < 1.29 is 13.9 Å². The third-order valence-corrected chi connectivity index (χ3v) is 4.31. The van der Waals surface area contributed by atoms with Gasteiger partial charge in [0.05, 0.1) is 7.11 Å². The molecule has 1 aliphatic heterocycles. The molecule has 1 saturated carbocycles. The van der Waals surface area contributed by atoms with Crippen LogP contribution in [0.15, 0.2) is 0 Å². The van der Waals surface area contributed by atoms with E-state index in [1.54, 1.807) is 0 Å². The maximum absolute atomic E-state index is 14.8. The second-order valence-corrected chi connectivity index (χ2v) is 4.85. The Kier molecular flexibility index (Phi) is 2.49. The topological polar surface area (TPSA) is 38.3 Å². The molecule has 4 heteroatoms. The first-order valence-electron chi connectivity index (χ1n) is 5.55. The predicted molar refractivity (Wildman–Crippen MR) is 54.2 cm³/mol. The van der Waals surface area contributed by atoms with Crippen LogP contribution in [0.5, 0.6) is 0 Å². The van der Waals surface area contributed by atoms with Gasteiger partial charge in [-0.25, -0.2) is 9.18 Å². The third-order valence-electron chi connectivity index (χ3n) is 4.31. The summed E-state index contributed by atoms with van der Waals surface area (Å²) in [5, 5.41) is 3.02. The number of hydrogen-bond donors (Lipinski definition) is 1. The molecule has 0 aromatic rings. The zero-order valence-electron chi connectivity index (χ0n) is 9.31. The van der Waals surface area contributed by atoms with E-state index in [1.165, 1.54) is 7.11 Å². The van der Waals surface area contributed by atoms with Crippen LogP contribution in [0.3, 0.4) is 0 Å². The van der Waals surface area contributed by atoms with Gasteiger partial charge in [-0.3, -0.25) is 0 Å². The molecule has 2 rings (SSSR count). The Hall–Kier alpha value is -0.640. The molecule has 3 nitrogen and oxygen atoms in total. The number of carbonyl (C=O) groups is 1. The van der Waals surface area contributed by atoms with E-state index in [1.807, 2.05) is 6.92 Å². The highest BCUT2D eigenvalue weighted by Crippen LogP contribution is 2.54. The monoisotopic (exact) mass is 215 g/mol. The molecule has 1 N–H and O–H groups in total. The molecule has 0 bridgehead atoms. The molecule has 3 atom stereocenters. The molecular formula is C11H18FNO2. The number of ether oxygens (including phenoxy) is 1. The molecule has 1 spiro atoms. The van der Waals surface area contributed by atoms with Crippen LogP contribution in [-0.4, -0.2) is 31.8 Å². The van der Waals surface area contributed by atoms with Crippen molar-refractivity contribution in [3.8, 4) is 0 Å². The lowest BCUT2D eigenvalue weighted by Crippen LogP contribution is -2.52. The van der Waals surface area contributed by atoms with Crippen molar-refractivity contribution in [2.24, 2.45) is 11.3 Å². The van der Waals surface area contributed by atoms with Crippen molar-refractivity contribution in [1.29, 1.82) is 0 Å². The number of hydrogen-bond acceptors (Lipinski definition) is 3. The number of nitrogens with one attached hydrogen (secondary N) is 1. The molecule has 1 aliphatic carbocycles. The Bertz CT molecular complexity index is 280. The fraction of sp³-hybridized carbons (Fsp3) is 0.909. The van der Waals surface area contributed by atoms with E-state index >= 15 is 0 Å². The summed E-state index contributed by atoms with van der Waals surface area (Å²) >= 11 is 0. The van der Waals surface area contributed by atoms with Crippen LogP contribution in [-0.2, 0) is 9.53 Å². The Balaban J connectivity index is 2.35. The van der Waals surface area contributed by atoms with Gasteiger partial charge in [0.1, 0.15) is 0 Å².